The highest BCUT2D eigenvalue weighted by Crippen LogP contribution is 2.23. The third kappa shape index (κ3) is 3.58. The number of hydrogen-bond acceptors (Lipinski definition) is 2. The van der Waals surface area contributed by atoms with E-state index in [-0.39, 0.29) is 17.7 Å². The number of fused-ring (bicyclic) bond motifs is 1. The van der Waals surface area contributed by atoms with E-state index in [1.807, 2.05) is 0 Å². The van der Waals surface area contributed by atoms with Gasteiger partial charge in [0, 0.05) is 18.6 Å². The summed E-state index contributed by atoms with van der Waals surface area (Å²) in [6.45, 7) is 0. The van der Waals surface area contributed by atoms with Crippen LogP contribution in [-0.2, 0) is 6.42 Å². The van der Waals surface area contributed by atoms with Crippen molar-refractivity contribution < 1.29 is 26.7 Å². The number of imidazole rings is 1. The Labute approximate surface area is 126 Å². The van der Waals surface area contributed by atoms with E-state index >= 15 is 0 Å². The molecule has 3 rings (SSSR count). The Bertz CT molecular complexity index is 800. The maximum Gasteiger partial charge on any atom is 0.573 e. The number of H-pyrrole nitrogens is 1. The van der Waals surface area contributed by atoms with Gasteiger partial charge >= 0.3 is 6.36 Å². The molecule has 0 bridgehead atoms. The Morgan fingerprint density at radius 3 is 2.30 bits per heavy atom. The van der Waals surface area contributed by atoms with Gasteiger partial charge in [-0.3, -0.25) is 0 Å². The fraction of sp³-hybridized carbons (Fsp3) is 0.133. The average molecular weight is 328 g/mol. The fourth-order valence-corrected chi connectivity index (χ4v) is 2.14. The number of ether oxygens (including phenoxy) is 1. The van der Waals surface area contributed by atoms with Crippen molar-refractivity contribution in [2.75, 3.05) is 0 Å². The Morgan fingerprint density at radius 1 is 1.00 bits per heavy atom. The van der Waals surface area contributed by atoms with Gasteiger partial charge in [0.1, 0.15) is 11.6 Å². The van der Waals surface area contributed by atoms with Crippen LogP contribution in [0.3, 0.4) is 0 Å². The molecule has 0 aliphatic heterocycles. The van der Waals surface area contributed by atoms with E-state index in [0.717, 1.165) is 12.1 Å². The lowest BCUT2D eigenvalue weighted by atomic mass is 10.1. The van der Waals surface area contributed by atoms with E-state index in [1.54, 1.807) is 0 Å². The monoisotopic (exact) mass is 328 g/mol. The molecule has 0 amide bonds. The van der Waals surface area contributed by atoms with E-state index in [4.69, 9.17) is 0 Å². The molecule has 0 saturated heterocycles. The molecule has 2 aromatic carbocycles. The largest absolute Gasteiger partial charge is 0.573 e. The van der Waals surface area contributed by atoms with Crippen molar-refractivity contribution in [1.29, 1.82) is 0 Å². The zero-order valence-corrected chi connectivity index (χ0v) is 11.4. The number of benzene rings is 2. The van der Waals surface area contributed by atoms with Crippen molar-refractivity contribution in [3.8, 4) is 5.75 Å². The van der Waals surface area contributed by atoms with Crippen molar-refractivity contribution in [2.24, 2.45) is 0 Å². The van der Waals surface area contributed by atoms with Gasteiger partial charge < -0.3 is 9.72 Å². The summed E-state index contributed by atoms with van der Waals surface area (Å²) in [4.78, 5) is 6.95. The van der Waals surface area contributed by atoms with Crippen LogP contribution < -0.4 is 4.74 Å². The lowest BCUT2D eigenvalue weighted by Gasteiger charge is -2.08. The molecule has 0 saturated carbocycles. The summed E-state index contributed by atoms with van der Waals surface area (Å²) in [5, 5.41) is 0. The first kappa shape index (κ1) is 15.3. The number of nitrogens with zero attached hydrogens (tertiary/aromatic N) is 1. The molecular formula is C15H9F5N2O. The van der Waals surface area contributed by atoms with Crippen LogP contribution in [0.15, 0.2) is 36.4 Å². The topological polar surface area (TPSA) is 37.9 Å². The highest BCUT2D eigenvalue weighted by atomic mass is 19.4. The smallest absolute Gasteiger partial charge is 0.406 e. The van der Waals surface area contributed by atoms with Crippen LogP contribution in [0.5, 0.6) is 5.75 Å². The summed E-state index contributed by atoms with van der Waals surface area (Å²) in [5.41, 5.74) is 1.28. The summed E-state index contributed by atoms with van der Waals surface area (Å²) in [5.74, 6) is -1.87. The first-order valence-electron chi connectivity index (χ1n) is 6.48. The van der Waals surface area contributed by atoms with Crippen LogP contribution in [0.1, 0.15) is 11.4 Å². The second-order valence-electron chi connectivity index (χ2n) is 4.84. The quantitative estimate of drug-likeness (QED) is 0.727. The molecule has 8 heteroatoms. The molecule has 23 heavy (non-hydrogen) atoms. The van der Waals surface area contributed by atoms with E-state index < -0.39 is 18.0 Å². The van der Waals surface area contributed by atoms with Crippen molar-refractivity contribution in [1.82, 2.24) is 9.97 Å². The minimum atomic E-state index is -4.74. The second kappa shape index (κ2) is 5.53. The Kier molecular flexibility index (Phi) is 3.67. The molecule has 1 heterocycles. The number of aromatic nitrogens is 2. The van der Waals surface area contributed by atoms with Gasteiger partial charge in [-0.05, 0) is 17.7 Å². The van der Waals surface area contributed by atoms with Crippen molar-refractivity contribution in [2.45, 2.75) is 12.8 Å². The van der Waals surface area contributed by atoms with Crippen LogP contribution in [0, 0.1) is 11.6 Å². The van der Waals surface area contributed by atoms with Crippen molar-refractivity contribution >= 4 is 11.0 Å². The van der Waals surface area contributed by atoms with Gasteiger partial charge in [0.05, 0.1) is 11.0 Å². The van der Waals surface area contributed by atoms with Gasteiger partial charge in [0.25, 0.3) is 0 Å². The minimum Gasteiger partial charge on any atom is -0.406 e. The number of aromatic amines is 1. The molecule has 120 valence electrons. The minimum absolute atomic E-state index is 0.268. The molecule has 1 aromatic heterocycles. The summed E-state index contributed by atoms with van der Waals surface area (Å²) in [6, 6.07) is 7.26. The molecule has 0 atom stereocenters. The molecule has 0 radical (unpaired) electrons. The Hall–Kier alpha value is -2.64. The number of rotatable bonds is 3. The van der Waals surface area contributed by atoms with E-state index in [2.05, 4.69) is 14.7 Å². The number of halogens is 5. The average Bonchev–Trinajstić information content (AvgIpc) is 2.81. The molecule has 0 unspecified atom stereocenters. The van der Waals surface area contributed by atoms with E-state index in [1.165, 1.54) is 24.3 Å². The normalized spacial score (nSPS) is 11.9. The van der Waals surface area contributed by atoms with Crippen molar-refractivity contribution in [3.63, 3.8) is 0 Å². The number of alkyl halides is 3. The predicted molar refractivity (Wildman–Crippen MR) is 71.9 cm³/mol. The fourth-order valence-electron chi connectivity index (χ4n) is 2.14. The van der Waals surface area contributed by atoms with Gasteiger partial charge in [0.15, 0.2) is 11.6 Å². The molecular weight excluding hydrogens is 319 g/mol. The predicted octanol–water partition coefficient (Wildman–Crippen LogP) is 4.33. The summed E-state index contributed by atoms with van der Waals surface area (Å²) >= 11 is 0. The van der Waals surface area contributed by atoms with Gasteiger partial charge in [-0.15, -0.1) is 13.2 Å². The maximum absolute atomic E-state index is 13.1. The van der Waals surface area contributed by atoms with Gasteiger partial charge in [-0.2, -0.15) is 0 Å². The second-order valence-corrected chi connectivity index (χ2v) is 4.84. The summed E-state index contributed by atoms with van der Waals surface area (Å²) in [6.07, 6.45) is -4.47. The molecule has 3 aromatic rings. The third-order valence-corrected chi connectivity index (χ3v) is 3.10. The third-order valence-electron chi connectivity index (χ3n) is 3.10. The SMILES string of the molecule is Fc1cc2nc(Cc3ccc(OC(F)(F)F)cc3)[nH]c2cc1F. The van der Waals surface area contributed by atoms with E-state index in [9.17, 15) is 22.0 Å². The molecule has 0 spiro atoms. The zero-order chi connectivity index (χ0) is 16.6. The molecule has 0 aliphatic carbocycles. The Morgan fingerprint density at radius 2 is 1.65 bits per heavy atom. The first-order valence-corrected chi connectivity index (χ1v) is 6.48. The highest BCUT2D eigenvalue weighted by Gasteiger charge is 2.30. The van der Waals surface area contributed by atoms with Gasteiger partial charge in [-0.25, -0.2) is 13.8 Å². The highest BCUT2D eigenvalue weighted by molar-refractivity contribution is 5.75. The van der Waals surface area contributed by atoms with Crippen LogP contribution in [0.25, 0.3) is 11.0 Å². The molecule has 0 fully saturated rings. The van der Waals surface area contributed by atoms with Gasteiger partial charge in [0.2, 0.25) is 0 Å². The standard InChI is InChI=1S/C15H9F5N2O/c16-10-6-12-13(7-11(10)17)22-14(21-12)5-8-1-3-9(4-2-8)23-15(18,19)20/h1-4,6-7H,5H2,(H,21,22). The van der Waals surface area contributed by atoms with Crippen LogP contribution in [0.2, 0.25) is 0 Å². The Balaban J connectivity index is 1.79. The first-order chi connectivity index (χ1) is 10.8. The number of hydrogen-bond donors (Lipinski definition) is 1. The molecule has 0 aliphatic rings. The lowest BCUT2D eigenvalue weighted by molar-refractivity contribution is -0.274. The number of nitrogens with one attached hydrogen (secondary N) is 1. The van der Waals surface area contributed by atoms with Crippen LogP contribution in [-0.4, -0.2) is 16.3 Å². The van der Waals surface area contributed by atoms with Crippen LogP contribution in [0.4, 0.5) is 22.0 Å². The molecule has 3 nitrogen and oxygen atoms in total. The summed E-state index contributed by atoms with van der Waals surface area (Å²) < 4.78 is 66.3. The van der Waals surface area contributed by atoms with Crippen LogP contribution >= 0.6 is 0 Å². The molecule has 1 N–H and O–H groups in total. The van der Waals surface area contributed by atoms with E-state index in [0.29, 0.717) is 16.9 Å². The van der Waals surface area contributed by atoms with Crippen molar-refractivity contribution in [3.05, 3.63) is 59.4 Å². The lowest BCUT2D eigenvalue weighted by Crippen LogP contribution is -2.17. The van der Waals surface area contributed by atoms with Gasteiger partial charge in [-0.1, -0.05) is 12.1 Å². The zero-order valence-electron chi connectivity index (χ0n) is 11.4. The summed E-state index contributed by atoms with van der Waals surface area (Å²) in [7, 11) is 0. The maximum atomic E-state index is 13.1.